The summed E-state index contributed by atoms with van der Waals surface area (Å²) in [5.41, 5.74) is 1.12. The molecule has 0 N–H and O–H groups in total. The van der Waals surface area contributed by atoms with Gasteiger partial charge in [0.2, 0.25) is 0 Å². The Hall–Kier alpha value is -2.36. The van der Waals surface area contributed by atoms with Crippen LogP contribution in [0.5, 0.6) is 5.75 Å². The fourth-order valence-corrected chi connectivity index (χ4v) is 2.07. The molecule has 0 unspecified atom stereocenters. The number of amides is 1. The van der Waals surface area contributed by atoms with E-state index in [0.29, 0.717) is 18.3 Å². The van der Waals surface area contributed by atoms with Crippen LogP contribution in [0.2, 0.25) is 0 Å². The summed E-state index contributed by atoms with van der Waals surface area (Å²) in [6, 6.07) is 13.7. The van der Waals surface area contributed by atoms with Crippen LogP contribution in [0.1, 0.15) is 18.4 Å². The van der Waals surface area contributed by atoms with Gasteiger partial charge in [0.15, 0.2) is 0 Å². The molecule has 0 atom stereocenters. The number of ether oxygens (including phenoxy) is 1. The van der Waals surface area contributed by atoms with Gasteiger partial charge in [-0.2, -0.15) is 0 Å². The summed E-state index contributed by atoms with van der Waals surface area (Å²) in [6.07, 6.45) is 5.04. The van der Waals surface area contributed by atoms with Crippen molar-refractivity contribution in [2.45, 2.75) is 25.4 Å². The second-order valence-electron chi connectivity index (χ2n) is 4.90. The van der Waals surface area contributed by atoms with Crippen molar-refractivity contribution in [3.05, 3.63) is 60.4 Å². The van der Waals surface area contributed by atoms with E-state index in [1.807, 2.05) is 30.3 Å². The standard InChI is InChI=1S/C16H16N2O2/c19-16(20-15-8-10-17-11-9-15)18(14-6-7-14)12-13-4-2-1-3-5-13/h1-5,8-11,14H,6-7,12H2. The first-order chi connectivity index (χ1) is 9.83. The molecule has 0 saturated heterocycles. The second kappa shape index (κ2) is 5.74. The zero-order valence-electron chi connectivity index (χ0n) is 11.1. The summed E-state index contributed by atoms with van der Waals surface area (Å²) in [6.45, 7) is 0.593. The molecular formula is C16H16N2O2. The molecule has 3 rings (SSSR count). The number of carbonyl (C=O) groups is 1. The smallest absolute Gasteiger partial charge is 0.410 e. The molecule has 4 nitrogen and oxygen atoms in total. The molecular weight excluding hydrogens is 252 g/mol. The summed E-state index contributed by atoms with van der Waals surface area (Å²) < 4.78 is 5.40. The van der Waals surface area contributed by atoms with Crippen LogP contribution >= 0.6 is 0 Å². The number of aromatic nitrogens is 1. The molecule has 4 heteroatoms. The van der Waals surface area contributed by atoms with Gasteiger partial charge >= 0.3 is 6.09 Å². The fraction of sp³-hybridized carbons (Fsp3) is 0.250. The predicted octanol–water partition coefficient (Wildman–Crippen LogP) is 3.25. The van der Waals surface area contributed by atoms with E-state index in [-0.39, 0.29) is 6.09 Å². The Bertz CT molecular complexity index is 568. The van der Waals surface area contributed by atoms with Gasteiger partial charge in [0.25, 0.3) is 0 Å². The zero-order valence-corrected chi connectivity index (χ0v) is 11.1. The van der Waals surface area contributed by atoms with Crippen molar-refractivity contribution >= 4 is 6.09 Å². The quantitative estimate of drug-likeness (QED) is 0.854. The van der Waals surface area contributed by atoms with Gasteiger partial charge in [-0.25, -0.2) is 4.79 Å². The lowest BCUT2D eigenvalue weighted by atomic mass is 10.2. The van der Waals surface area contributed by atoms with E-state index in [4.69, 9.17) is 4.74 Å². The van der Waals surface area contributed by atoms with E-state index >= 15 is 0 Å². The first-order valence-electron chi connectivity index (χ1n) is 6.75. The minimum Gasteiger partial charge on any atom is -0.410 e. The number of carbonyl (C=O) groups excluding carboxylic acids is 1. The Labute approximate surface area is 118 Å². The van der Waals surface area contributed by atoms with Gasteiger partial charge < -0.3 is 9.64 Å². The third kappa shape index (κ3) is 3.15. The van der Waals surface area contributed by atoms with Gasteiger partial charge in [-0.15, -0.1) is 0 Å². The van der Waals surface area contributed by atoms with Crippen molar-refractivity contribution in [1.29, 1.82) is 0 Å². The molecule has 1 saturated carbocycles. The topological polar surface area (TPSA) is 42.4 Å². The monoisotopic (exact) mass is 268 g/mol. The first-order valence-corrected chi connectivity index (χ1v) is 6.75. The van der Waals surface area contributed by atoms with Crippen LogP contribution in [0, 0.1) is 0 Å². The maximum Gasteiger partial charge on any atom is 0.415 e. The first kappa shape index (κ1) is 12.7. The predicted molar refractivity (Wildman–Crippen MR) is 75.3 cm³/mol. The highest BCUT2D eigenvalue weighted by Crippen LogP contribution is 2.29. The van der Waals surface area contributed by atoms with Gasteiger partial charge in [-0.1, -0.05) is 30.3 Å². The molecule has 1 heterocycles. The Morgan fingerprint density at radius 3 is 2.50 bits per heavy atom. The second-order valence-corrected chi connectivity index (χ2v) is 4.90. The Morgan fingerprint density at radius 2 is 1.85 bits per heavy atom. The largest absolute Gasteiger partial charge is 0.415 e. The summed E-state index contributed by atoms with van der Waals surface area (Å²) in [5, 5.41) is 0. The van der Waals surface area contributed by atoms with E-state index < -0.39 is 0 Å². The van der Waals surface area contributed by atoms with Crippen LogP contribution in [0.15, 0.2) is 54.9 Å². The normalized spacial score (nSPS) is 13.8. The van der Waals surface area contributed by atoms with Crippen molar-refractivity contribution in [2.75, 3.05) is 0 Å². The summed E-state index contributed by atoms with van der Waals surface area (Å²) in [7, 11) is 0. The molecule has 0 radical (unpaired) electrons. The highest BCUT2D eigenvalue weighted by molar-refractivity contribution is 5.71. The average Bonchev–Trinajstić information content (AvgIpc) is 3.31. The third-order valence-electron chi connectivity index (χ3n) is 3.27. The van der Waals surface area contributed by atoms with Crippen molar-refractivity contribution in [3.63, 3.8) is 0 Å². The maximum atomic E-state index is 12.3. The Balaban J connectivity index is 1.69. The fourth-order valence-electron chi connectivity index (χ4n) is 2.07. The van der Waals surface area contributed by atoms with Crippen LogP contribution < -0.4 is 4.74 Å². The van der Waals surface area contributed by atoms with Gasteiger partial charge in [-0.05, 0) is 30.5 Å². The van der Waals surface area contributed by atoms with Gasteiger partial charge in [0, 0.05) is 25.0 Å². The van der Waals surface area contributed by atoms with Crippen LogP contribution in [0.4, 0.5) is 4.79 Å². The summed E-state index contributed by atoms with van der Waals surface area (Å²) in [5.74, 6) is 0.531. The Morgan fingerprint density at radius 1 is 1.15 bits per heavy atom. The van der Waals surface area contributed by atoms with Crippen LogP contribution in [-0.4, -0.2) is 22.0 Å². The number of hydrogen-bond donors (Lipinski definition) is 0. The van der Waals surface area contributed by atoms with Crippen molar-refractivity contribution < 1.29 is 9.53 Å². The van der Waals surface area contributed by atoms with Gasteiger partial charge in [0.1, 0.15) is 5.75 Å². The molecule has 1 aliphatic rings. The van der Waals surface area contributed by atoms with Crippen molar-refractivity contribution in [3.8, 4) is 5.75 Å². The van der Waals surface area contributed by atoms with Crippen molar-refractivity contribution in [2.24, 2.45) is 0 Å². The molecule has 1 aromatic heterocycles. The SMILES string of the molecule is O=C(Oc1ccncc1)N(Cc1ccccc1)C1CC1. The zero-order chi connectivity index (χ0) is 13.8. The molecule has 1 fully saturated rings. The molecule has 1 aromatic carbocycles. The minimum absolute atomic E-state index is 0.289. The molecule has 1 amide bonds. The number of pyridine rings is 1. The number of benzene rings is 1. The van der Waals surface area contributed by atoms with Gasteiger partial charge in [0.05, 0.1) is 0 Å². The highest BCUT2D eigenvalue weighted by Gasteiger charge is 2.33. The molecule has 20 heavy (non-hydrogen) atoms. The molecule has 0 spiro atoms. The molecule has 0 bridgehead atoms. The summed E-state index contributed by atoms with van der Waals surface area (Å²) >= 11 is 0. The van der Waals surface area contributed by atoms with E-state index in [0.717, 1.165) is 18.4 Å². The highest BCUT2D eigenvalue weighted by atomic mass is 16.6. The van der Waals surface area contributed by atoms with E-state index in [1.54, 1.807) is 29.4 Å². The molecule has 102 valence electrons. The average molecular weight is 268 g/mol. The van der Waals surface area contributed by atoms with Crippen molar-refractivity contribution in [1.82, 2.24) is 9.88 Å². The third-order valence-corrected chi connectivity index (χ3v) is 3.27. The lowest BCUT2D eigenvalue weighted by molar-refractivity contribution is 0.146. The molecule has 2 aromatic rings. The number of rotatable bonds is 4. The van der Waals surface area contributed by atoms with Crippen LogP contribution in [0.25, 0.3) is 0 Å². The number of nitrogens with zero attached hydrogens (tertiary/aromatic N) is 2. The molecule has 0 aliphatic heterocycles. The van der Waals surface area contributed by atoms with E-state index in [2.05, 4.69) is 4.98 Å². The van der Waals surface area contributed by atoms with Gasteiger partial charge in [-0.3, -0.25) is 4.98 Å². The van der Waals surface area contributed by atoms with E-state index in [9.17, 15) is 4.79 Å². The Kier molecular flexibility index (Phi) is 3.63. The molecule has 1 aliphatic carbocycles. The van der Waals surface area contributed by atoms with E-state index in [1.165, 1.54) is 0 Å². The lowest BCUT2D eigenvalue weighted by Gasteiger charge is -2.21. The summed E-state index contributed by atoms with van der Waals surface area (Å²) in [4.78, 5) is 18.0. The number of hydrogen-bond acceptors (Lipinski definition) is 3. The van der Waals surface area contributed by atoms with Crippen LogP contribution in [-0.2, 0) is 6.54 Å². The lowest BCUT2D eigenvalue weighted by Crippen LogP contribution is -2.34. The maximum absolute atomic E-state index is 12.3. The van der Waals surface area contributed by atoms with Crippen LogP contribution in [0.3, 0.4) is 0 Å². The minimum atomic E-state index is -0.289.